The second-order valence-corrected chi connectivity index (χ2v) is 5.72. The van der Waals surface area contributed by atoms with E-state index in [1.54, 1.807) is 13.4 Å². The number of hydrogen-bond acceptors (Lipinski definition) is 4. The molecule has 3 aromatic rings. The number of fused-ring (bicyclic) bond motifs is 3. The number of H-pyrrole nitrogens is 1. The summed E-state index contributed by atoms with van der Waals surface area (Å²) in [5.74, 6) is 1.68. The van der Waals surface area contributed by atoms with Crippen LogP contribution in [0.1, 0.15) is 6.42 Å². The van der Waals surface area contributed by atoms with Crippen LogP contribution in [0.4, 0.5) is 5.82 Å². The Labute approximate surface area is 129 Å². The summed E-state index contributed by atoms with van der Waals surface area (Å²) in [6, 6.07) is 5.95. The van der Waals surface area contributed by atoms with Crippen molar-refractivity contribution < 1.29 is 9.64 Å². The summed E-state index contributed by atoms with van der Waals surface area (Å²) in [6.45, 7) is 2.03. The van der Waals surface area contributed by atoms with Gasteiger partial charge in [0, 0.05) is 23.9 Å². The summed E-state index contributed by atoms with van der Waals surface area (Å²) < 4.78 is 5.30. The lowest BCUT2D eigenvalue weighted by atomic mass is 10.2. The highest BCUT2D eigenvalue weighted by molar-refractivity contribution is 6.08. The first kappa shape index (κ1) is 14.6. The zero-order chi connectivity index (χ0) is 15.5. The van der Waals surface area contributed by atoms with Crippen LogP contribution in [0.2, 0.25) is 0 Å². The van der Waals surface area contributed by atoms with Gasteiger partial charge in [-0.1, -0.05) is 0 Å². The van der Waals surface area contributed by atoms with Crippen molar-refractivity contribution in [2.45, 2.75) is 6.42 Å². The van der Waals surface area contributed by atoms with E-state index in [1.807, 2.05) is 18.2 Å². The van der Waals surface area contributed by atoms with Crippen LogP contribution in [0.15, 0.2) is 24.5 Å². The van der Waals surface area contributed by atoms with E-state index in [0.717, 1.165) is 53.0 Å². The van der Waals surface area contributed by atoms with E-state index in [4.69, 9.17) is 4.74 Å². The summed E-state index contributed by atoms with van der Waals surface area (Å²) in [4.78, 5) is 13.6. The van der Waals surface area contributed by atoms with Crippen LogP contribution in [0.25, 0.3) is 21.9 Å². The van der Waals surface area contributed by atoms with Crippen molar-refractivity contribution in [1.29, 1.82) is 0 Å². The van der Waals surface area contributed by atoms with Gasteiger partial charge in [-0.05, 0) is 18.2 Å². The lowest BCUT2D eigenvalue weighted by molar-refractivity contribution is -0.858. The number of hydrogen-bond donors (Lipinski definition) is 3. The first-order valence-electron chi connectivity index (χ1n) is 7.52. The molecule has 2 aromatic heterocycles. The van der Waals surface area contributed by atoms with Gasteiger partial charge in [0.1, 0.15) is 23.1 Å². The molecule has 0 aliphatic rings. The lowest BCUT2D eigenvalue weighted by Crippen LogP contribution is -3.05. The van der Waals surface area contributed by atoms with Gasteiger partial charge in [-0.25, -0.2) is 9.97 Å². The second-order valence-electron chi connectivity index (χ2n) is 5.72. The van der Waals surface area contributed by atoms with Crippen LogP contribution >= 0.6 is 0 Å². The van der Waals surface area contributed by atoms with Gasteiger partial charge >= 0.3 is 0 Å². The molecule has 6 heteroatoms. The van der Waals surface area contributed by atoms with E-state index in [0.29, 0.717) is 0 Å². The third-order valence-electron chi connectivity index (χ3n) is 3.73. The number of rotatable bonds is 6. The van der Waals surface area contributed by atoms with Gasteiger partial charge in [0.2, 0.25) is 0 Å². The summed E-state index contributed by atoms with van der Waals surface area (Å²) >= 11 is 0. The molecule has 22 heavy (non-hydrogen) atoms. The molecule has 3 rings (SSSR count). The molecule has 0 saturated carbocycles. The van der Waals surface area contributed by atoms with Crippen LogP contribution in [0.5, 0.6) is 5.75 Å². The third-order valence-corrected chi connectivity index (χ3v) is 3.73. The number of aromatic nitrogens is 3. The van der Waals surface area contributed by atoms with E-state index < -0.39 is 0 Å². The minimum Gasteiger partial charge on any atom is -0.497 e. The molecule has 6 nitrogen and oxygen atoms in total. The molecule has 0 amide bonds. The van der Waals surface area contributed by atoms with Gasteiger partial charge in [0.25, 0.3) is 0 Å². The molecule has 0 fully saturated rings. The highest BCUT2D eigenvalue weighted by Crippen LogP contribution is 2.29. The van der Waals surface area contributed by atoms with Gasteiger partial charge in [0.15, 0.2) is 5.82 Å². The van der Waals surface area contributed by atoms with Gasteiger partial charge in [-0.15, -0.1) is 0 Å². The summed E-state index contributed by atoms with van der Waals surface area (Å²) in [5.41, 5.74) is 2.91. The van der Waals surface area contributed by atoms with Crippen molar-refractivity contribution in [1.82, 2.24) is 15.0 Å². The quantitative estimate of drug-likeness (QED) is 0.596. The maximum atomic E-state index is 5.30. The number of nitrogens with zero attached hydrogens (tertiary/aromatic N) is 2. The Morgan fingerprint density at radius 1 is 1.27 bits per heavy atom. The fourth-order valence-electron chi connectivity index (χ4n) is 2.58. The Hall–Kier alpha value is -2.34. The van der Waals surface area contributed by atoms with Crippen molar-refractivity contribution in [2.75, 3.05) is 39.6 Å². The van der Waals surface area contributed by atoms with Gasteiger partial charge < -0.3 is 19.9 Å². The van der Waals surface area contributed by atoms with Crippen LogP contribution in [-0.4, -0.2) is 49.2 Å². The predicted molar refractivity (Wildman–Crippen MR) is 88.7 cm³/mol. The SMILES string of the molecule is COc1ccc2[nH]c3c(NCCC[NH+](C)C)ncnc3c2c1. The number of anilines is 1. The molecule has 2 heterocycles. The van der Waals surface area contributed by atoms with E-state index in [9.17, 15) is 0 Å². The smallest absolute Gasteiger partial charge is 0.153 e. The lowest BCUT2D eigenvalue weighted by Gasteiger charge is -2.08. The molecule has 116 valence electrons. The standard InChI is InChI=1S/C16H21N5O/c1-21(2)8-4-7-17-16-15-14(18-10-19-16)12-9-11(22-3)5-6-13(12)20-15/h5-6,9-10,20H,4,7-8H2,1-3H3,(H,17,18,19)/p+1. The van der Waals surface area contributed by atoms with Crippen molar-refractivity contribution in [3.63, 3.8) is 0 Å². The zero-order valence-corrected chi connectivity index (χ0v) is 13.2. The van der Waals surface area contributed by atoms with E-state index in [2.05, 4.69) is 34.4 Å². The predicted octanol–water partition coefficient (Wildman–Crippen LogP) is 1.07. The average Bonchev–Trinajstić information content (AvgIpc) is 2.89. The van der Waals surface area contributed by atoms with Crippen LogP contribution in [0.3, 0.4) is 0 Å². The van der Waals surface area contributed by atoms with Gasteiger partial charge in [-0.2, -0.15) is 0 Å². The van der Waals surface area contributed by atoms with Crippen molar-refractivity contribution in [3.8, 4) is 5.75 Å². The number of methoxy groups -OCH3 is 1. The number of ether oxygens (including phenoxy) is 1. The van der Waals surface area contributed by atoms with Crippen molar-refractivity contribution >= 4 is 27.8 Å². The Morgan fingerprint density at radius 3 is 2.91 bits per heavy atom. The van der Waals surface area contributed by atoms with E-state index >= 15 is 0 Å². The molecule has 1 aromatic carbocycles. The Bertz CT molecular complexity index is 781. The number of benzene rings is 1. The number of aromatic amines is 1. The molecule has 0 spiro atoms. The van der Waals surface area contributed by atoms with Crippen LogP contribution in [0, 0.1) is 0 Å². The molecule has 0 atom stereocenters. The molecular weight excluding hydrogens is 278 g/mol. The van der Waals surface area contributed by atoms with Gasteiger partial charge in [0.05, 0.1) is 27.7 Å². The second kappa shape index (κ2) is 6.19. The maximum absolute atomic E-state index is 5.30. The normalized spacial score (nSPS) is 11.5. The van der Waals surface area contributed by atoms with Crippen LogP contribution < -0.4 is 15.0 Å². The average molecular weight is 300 g/mol. The highest BCUT2D eigenvalue weighted by atomic mass is 16.5. The molecule has 0 unspecified atom stereocenters. The number of nitrogens with one attached hydrogen (secondary N) is 3. The monoisotopic (exact) mass is 300 g/mol. The van der Waals surface area contributed by atoms with E-state index in [-0.39, 0.29) is 0 Å². The highest BCUT2D eigenvalue weighted by Gasteiger charge is 2.11. The third kappa shape index (κ3) is 2.82. The summed E-state index contributed by atoms with van der Waals surface area (Å²) in [5, 5.41) is 4.46. The zero-order valence-electron chi connectivity index (χ0n) is 13.2. The first-order valence-corrected chi connectivity index (χ1v) is 7.52. The molecule has 0 aliphatic carbocycles. The summed E-state index contributed by atoms with van der Waals surface area (Å²) in [7, 11) is 5.99. The fraction of sp³-hybridized carbons (Fsp3) is 0.375. The van der Waals surface area contributed by atoms with Crippen LogP contribution in [-0.2, 0) is 0 Å². The van der Waals surface area contributed by atoms with E-state index in [1.165, 1.54) is 4.90 Å². The van der Waals surface area contributed by atoms with Gasteiger partial charge in [-0.3, -0.25) is 0 Å². The van der Waals surface area contributed by atoms with Crippen molar-refractivity contribution in [3.05, 3.63) is 24.5 Å². The topological polar surface area (TPSA) is 67.3 Å². The molecule has 0 radical (unpaired) electrons. The number of quaternary nitrogens is 1. The largest absolute Gasteiger partial charge is 0.497 e. The minimum absolute atomic E-state index is 0.829. The maximum Gasteiger partial charge on any atom is 0.153 e. The Morgan fingerprint density at radius 2 is 2.14 bits per heavy atom. The fourth-order valence-corrected chi connectivity index (χ4v) is 2.58. The molecule has 0 bridgehead atoms. The molecule has 0 saturated heterocycles. The Kier molecular flexibility index (Phi) is 4.11. The summed E-state index contributed by atoms with van der Waals surface area (Å²) in [6.07, 6.45) is 2.70. The molecular formula is C16H22N5O+. The molecule has 3 N–H and O–H groups in total. The van der Waals surface area contributed by atoms with Crippen molar-refractivity contribution in [2.24, 2.45) is 0 Å². The molecule has 0 aliphatic heterocycles. The Balaban J connectivity index is 1.91. The minimum atomic E-state index is 0.829. The first-order chi connectivity index (χ1) is 10.7.